The van der Waals surface area contributed by atoms with E-state index in [1.807, 2.05) is 0 Å². The first kappa shape index (κ1) is 11.6. The molecular formula is C12H13N5O2. The average molecular weight is 259 g/mol. The van der Waals surface area contributed by atoms with E-state index in [-0.39, 0.29) is 5.69 Å². The monoisotopic (exact) mass is 259 g/mol. The number of nitro groups is 1. The van der Waals surface area contributed by atoms with Gasteiger partial charge in [-0.2, -0.15) is 4.98 Å². The summed E-state index contributed by atoms with van der Waals surface area (Å²) in [6.07, 6.45) is 2.34. The molecule has 0 radical (unpaired) electrons. The molecule has 0 unspecified atom stereocenters. The van der Waals surface area contributed by atoms with Gasteiger partial charge in [0.15, 0.2) is 5.82 Å². The molecule has 0 amide bonds. The topological polar surface area (TPSA) is 87.9 Å². The van der Waals surface area contributed by atoms with Gasteiger partial charge in [0, 0.05) is 30.8 Å². The van der Waals surface area contributed by atoms with Crippen LogP contribution in [0.4, 0.5) is 11.6 Å². The molecule has 7 nitrogen and oxygen atoms in total. The molecule has 0 saturated carbocycles. The van der Waals surface area contributed by atoms with Crippen LogP contribution >= 0.6 is 0 Å². The number of hydrogen-bond acceptors (Lipinski definition) is 5. The highest BCUT2D eigenvalue weighted by atomic mass is 16.6. The second-order valence-electron chi connectivity index (χ2n) is 4.48. The fraction of sp³-hybridized carbons (Fsp3) is 0.333. The molecule has 2 heterocycles. The SMILES string of the molecule is O=[N+]([O-])c1ccc(-c2nc(N3CCCC3)n[nH]2)cc1. The molecule has 3 rings (SSSR count). The predicted molar refractivity (Wildman–Crippen MR) is 69.9 cm³/mol. The van der Waals surface area contributed by atoms with Gasteiger partial charge in [-0.3, -0.25) is 15.2 Å². The Hall–Kier alpha value is -2.44. The van der Waals surface area contributed by atoms with Crippen molar-refractivity contribution in [1.82, 2.24) is 15.2 Å². The van der Waals surface area contributed by atoms with E-state index in [9.17, 15) is 10.1 Å². The fourth-order valence-electron chi connectivity index (χ4n) is 2.18. The summed E-state index contributed by atoms with van der Waals surface area (Å²) in [6.45, 7) is 1.97. The first-order valence-corrected chi connectivity index (χ1v) is 6.16. The standard InChI is InChI=1S/C12H13N5O2/c18-17(19)10-5-3-9(4-6-10)11-13-12(15-14-11)16-7-1-2-8-16/h3-6H,1-2,7-8H2,(H,13,14,15). The van der Waals surface area contributed by atoms with Crippen LogP contribution in [0.15, 0.2) is 24.3 Å². The van der Waals surface area contributed by atoms with E-state index in [4.69, 9.17) is 0 Å². The van der Waals surface area contributed by atoms with Gasteiger partial charge in [-0.15, -0.1) is 5.10 Å². The van der Waals surface area contributed by atoms with Crippen molar-refractivity contribution in [3.63, 3.8) is 0 Å². The summed E-state index contributed by atoms with van der Waals surface area (Å²) in [6, 6.07) is 6.28. The highest BCUT2D eigenvalue weighted by Gasteiger charge is 2.17. The van der Waals surface area contributed by atoms with Crippen LogP contribution in [0.2, 0.25) is 0 Å². The molecule has 0 bridgehead atoms. The highest BCUT2D eigenvalue weighted by molar-refractivity contribution is 5.58. The minimum atomic E-state index is -0.417. The van der Waals surface area contributed by atoms with E-state index in [2.05, 4.69) is 20.1 Å². The number of H-pyrrole nitrogens is 1. The molecule has 1 aliphatic heterocycles. The smallest absolute Gasteiger partial charge is 0.269 e. The Kier molecular flexibility index (Phi) is 2.86. The molecular weight excluding hydrogens is 246 g/mol. The maximum absolute atomic E-state index is 10.6. The molecule has 7 heteroatoms. The predicted octanol–water partition coefficient (Wildman–Crippen LogP) is 1.98. The number of aromatic amines is 1. The first-order valence-electron chi connectivity index (χ1n) is 6.16. The van der Waals surface area contributed by atoms with E-state index >= 15 is 0 Å². The van der Waals surface area contributed by atoms with Crippen LogP contribution in [0.3, 0.4) is 0 Å². The molecule has 1 aromatic heterocycles. The van der Waals surface area contributed by atoms with Crippen molar-refractivity contribution in [2.75, 3.05) is 18.0 Å². The Bertz CT molecular complexity index is 586. The summed E-state index contributed by atoms with van der Waals surface area (Å²) in [4.78, 5) is 16.7. The fourth-order valence-corrected chi connectivity index (χ4v) is 2.18. The zero-order chi connectivity index (χ0) is 13.2. The number of anilines is 1. The third-order valence-corrected chi connectivity index (χ3v) is 3.21. The summed E-state index contributed by atoms with van der Waals surface area (Å²) in [7, 11) is 0. The minimum Gasteiger partial charge on any atom is -0.340 e. The van der Waals surface area contributed by atoms with Crippen molar-refractivity contribution in [1.29, 1.82) is 0 Å². The maximum Gasteiger partial charge on any atom is 0.269 e. The van der Waals surface area contributed by atoms with Gasteiger partial charge < -0.3 is 4.90 Å². The van der Waals surface area contributed by atoms with Gasteiger partial charge in [0.1, 0.15) is 0 Å². The summed E-state index contributed by atoms with van der Waals surface area (Å²) < 4.78 is 0. The lowest BCUT2D eigenvalue weighted by atomic mass is 10.2. The van der Waals surface area contributed by atoms with Crippen LogP contribution in [0, 0.1) is 10.1 Å². The van der Waals surface area contributed by atoms with Crippen LogP contribution in [-0.4, -0.2) is 33.2 Å². The van der Waals surface area contributed by atoms with Crippen molar-refractivity contribution >= 4 is 11.6 Å². The lowest BCUT2D eigenvalue weighted by Gasteiger charge is -2.10. The summed E-state index contributed by atoms with van der Waals surface area (Å²) in [5.74, 6) is 1.34. The van der Waals surface area contributed by atoms with Crippen LogP contribution in [0.25, 0.3) is 11.4 Å². The Morgan fingerprint density at radius 2 is 1.89 bits per heavy atom. The van der Waals surface area contributed by atoms with Gasteiger partial charge in [0.25, 0.3) is 5.69 Å². The minimum absolute atomic E-state index is 0.0723. The van der Waals surface area contributed by atoms with E-state index in [1.165, 1.54) is 25.0 Å². The van der Waals surface area contributed by atoms with Gasteiger partial charge in [-0.1, -0.05) is 0 Å². The van der Waals surface area contributed by atoms with Crippen LogP contribution in [0.1, 0.15) is 12.8 Å². The number of aromatic nitrogens is 3. The first-order chi connectivity index (χ1) is 9.24. The van der Waals surface area contributed by atoms with E-state index < -0.39 is 4.92 Å². The van der Waals surface area contributed by atoms with Crippen LogP contribution in [0.5, 0.6) is 0 Å². The van der Waals surface area contributed by atoms with Crippen molar-refractivity contribution in [3.8, 4) is 11.4 Å². The summed E-state index contributed by atoms with van der Waals surface area (Å²) in [5, 5.41) is 17.7. The van der Waals surface area contributed by atoms with Crippen molar-refractivity contribution in [2.45, 2.75) is 12.8 Å². The third kappa shape index (κ3) is 2.26. The van der Waals surface area contributed by atoms with Crippen LogP contribution < -0.4 is 4.90 Å². The number of benzene rings is 1. The lowest BCUT2D eigenvalue weighted by molar-refractivity contribution is -0.384. The molecule has 19 heavy (non-hydrogen) atoms. The number of rotatable bonds is 3. The second-order valence-corrected chi connectivity index (χ2v) is 4.48. The molecule has 0 atom stereocenters. The largest absolute Gasteiger partial charge is 0.340 e. The van der Waals surface area contributed by atoms with Gasteiger partial charge in [0.05, 0.1) is 4.92 Å². The molecule has 1 aliphatic rings. The van der Waals surface area contributed by atoms with Crippen molar-refractivity contribution < 1.29 is 4.92 Å². The molecule has 98 valence electrons. The number of nitrogens with zero attached hydrogens (tertiary/aromatic N) is 4. The number of non-ortho nitro benzene ring substituents is 1. The Labute approximate surface area is 109 Å². The average Bonchev–Trinajstić information content (AvgIpc) is 3.10. The quantitative estimate of drug-likeness (QED) is 0.672. The van der Waals surface area contributed by atoms with Crippen molar-refractivity contribution in [2.24, 2.45) is 0 Å². The number of nitro benzene ring substituents is 1. The van der Waals surface area contributed by atoms with Gasteiger partial charge in [0.2, 0.25) is 5.95 Å². The van der Waals surface area contributed by atoms with Gasteiger partial charge in [-0.25, -0.2) is 0 Å². The summed E-state index contributed by atoms with van der Waals surface area (Å²) >= 11 is 0. The number of hydrogen-bond donors (Lipinski definition) is 1. The second kappa shape index (κ2) is 4.68. The molecule has 1 saturated heterocycles. The zero-order valence-electron chi connectivity index (χ0n) is 10.2. The molecule has 1 N–H and O–H groups in total. The Balaban J connectivity index is 1.83. The van der Waals surface area contributed by atoms with Crippen LogP contribution in [-0.2, 0) is 0 Å². The van der Waals surface area contributed by atoms with Gasteiger partial charge in [-0.05, 0) is 25.0 Å². The van der Waals surface area contributed by atoms with E-state index in [0.717, 1.165) is 18.7 Å². The maximum atomic E-state index is 10.6. The molecule has 1 aromatic carbocycles. The van der Waals surface area contributed by atoms with E-state index in [1.54, 1.807) is 12.1 Å². The third-order valence-electron chi connectivity index (χ3n) is 3.21. The Morgan fingerprint density at radius 3 is 2.53 bits per heavy atom. The zero-order valence-corrected chi connectivity index (χ0v) is 10.2. The molecule has 0 aliphatic carbocycles. The van der Waals surface area contributed by atoms with Crippen molar-refractivity contribution in [3.05, 3.63) is 34.4 Å². The molecule has 2 aromatic rings. The highest BCUT2D eigenvalue weighted by Crippen LogP contribution is 2.22. The normalized spacial score (nSPS) is 14.8. The molecule has 1 fully saturated rings. The lowest BCUT2D eigenvalue weighted by Crippen LogP contribution is -2.18. The van der Waals surface area contributed by atoms with E-state index in [0.29, 0.717) is 11.8 Å². The number of nitrogens with one attached hydrogen (secondary N) is 1. The summed E-state index contributed by atoms with van der Waals surface area (Å²) in [5.41, 5.74) is 0.867. The molecule has 0 spiro atoms. The van der Waals surface area contributed by atoms with Gasteiger partial charge >= 0.3 is 0 Å². The Morgan fingerprint density at radius 1 is 1.21 bits per heavy atom.